The van der Waals surface area contributed by atoms with Crippen molar-refractivity contribution in [2.45, 2.75) is 119 Å². The first-order valence-electron chi connectivity index (χ1n) is 13.5. The van der Waals surface area contributed by atoms with Crippen LogP contribution in [0.3, 0.4) is 0 Å². The van der Waals surface area contributed by atoms with E-state index in [0.717, 1.165) is 41.4 Å². The van der Waals surface area contributed by atoms with Gasteiger partial charge in [-0.2, -0.15) is 0 Å². The molecule has 0 aliphatic heterocycles. The van der Waals surface area contributed by atoms with Gasteiger partial charge in [-0.25, -0.2) is 0 Å². The van der Waals surface area contributed by atoms with E-state index in [0.29, 0.717) is 21.7 Å². The Morgan fingerprint density at radius 3 is 2.07 bits per heavy atom. The van der Waals surface area contributed by atoms with Crippen LogP contribution in [0.15, 0.2) is 0 Å². The Balaban J connectivity index is 1.48. The summed E-state index contributed by atoms with van der Waals surface area (Å²) in [4.78, 5) is 0. The predicted molar refractivity (Wildman–Crippen MR) is 125 cm³/mol. The molecule has 0 amide bonds. The minimum atomic E-state index is 0.569. The third-order valence-corrected chi connectivity index (χ3v) is 13.0. The highest BCUT2D eigenvalue weighted by Gasteiger charge is 2.67. The van der Waals surface area contributed by atoms with Gasteiger partial charge in [-0.1, -0.05) is 54.9 Å². The predicted octanol–water partition coefficient (Wildman–Crippen LogP) is 8.74. The molecule has 5 fully saturated rings. The fraction of sp³-hybridized carbons (Fsp3) is 1.00. The van der Waals surface area contributed by atoms with E-state index in [2.05, 4.69) is 48.5 Å². The first-order chi connectivity index (χ1) is 13.5. The summed E-state index contributed by atoms with van der Waals surface area (Å²) in [6.07, 6.45) is 16.8. The molecule has 9 atom stereocenters. The molecule has 0 radical (unpaired) electrons. The van der Waals surface area contributed by atoms with Crippen molar-refractivity contribution in [1.29, 1.82) is 0 Å². The molecule has 5 rings (SSSR count). The minimum absolute atomic E-state index is 0.569. The molecule has 0 spiro atoms. The Hall–Kier alpha value is 0. The van der Waals surface area contributed by atoms with Gasteiger partial charge in [0.15, 0.2) is 0 Å². The topological polar surface area (TPSA) is 0 Å². The van der Waals surface area contributed by atoms with Crippen LogP contribution in [0.25, 0.3) is 0 Å². The maximum atomic E-state index is 2.81. The maximum Gasteiger partial charge on any atom is -0.0235 e. The average molecular weight is 399 g/mol. The summed E-state index contributed by atoms with van der Waals surface area (Å²) < 4.78 is 0. The average Bonchev–Trinajstić information content (AvgIpc) is 3.05. The highest BCUT2D eigenvalue weighted by Crippen LogP contribution is 2.75. The standard InChI is InChI=1S/C29H50/c1-19(2)20-9-10-22-21(20)13-17-28(6)23(22)11-12-25-27(5)16-8-15-26(3,4)24(27)14-18-29(25,28)7/h19-25H,8-18H2,1-7H3/t20-,21-,22?,23?,24?,25?,27+,28-,29-/m1/s1. The van der Waals surface area contributed by atoms with Gasteiger partial charge in [0.05, 0.1) is 0 Å². The zero-order valence-corrected chi connectivity index (χ0v) is 20.8. The van der Waals surface area contributed by atoms with Gasteiger partial charge in [-0.15, -0.1) is 0 Å². The molecule has 0 N–H and O–H groups in total. The van der Waals surface area contributed by atoms with Crippen molar-refractivity contribution >= 4 is 0 Å². The molecule has 4 unspecified atom stereocenters. The van der Waals surface area contributed by atoms with E-state index in [9.17, 15) is 0 Å². The van der Waals surface area contributed by atoms with Crippen molar-refractivity contribution in [2.24, 2.45) is 63.1 Å². The lowest BCUT2D eigenvalue weighted by Crippen LogP contribution is -2.64. The normalized spacial score (nSPS) is 56.3. The molecule has 0 heteroatoms. The Labute approximate surface area is 182 Å². The van der Waals surface area contributed by atoms with Crippen molar-refractivity contribution < 1.29 is 0 Å². The Morgan fingerprint density at radius 1 is 0.621 bits per heavy atom. The van der Waals surface area contributed by atoms with E-state index in [1.165, 1.54) is 38.5 Å². The van der Waals surface area contributed by atoms with Gasteiger partial charge in [0.25, 0.3) is 0 Å². The molecular formula is C29H50. The van der Waals surface area contributed by atoms with Gasteiger partial charge in [0.2, 0.25) is 0 Å². The first-order valence-corrected chi connectivity index (χ1v) is 13.5. The SMILES string of the molecule is CC(C)[C@H]1CCC2C3CCC4[C@@]5(C)CCCC(C)(C)C5CC[C@@]4(C)[C@]3(C)CC[C@@H]21. The van der Waals surface area contributed by atoms with Gasteiger partial charge in [0.1, 0.15) is 0 Å². The minimum Gasteiger partial charge on any atom is -0.0625 e. The Morgan fingerprint density at radius 2 is 1.34 bits per heavy atom. The molecule has 0 bridgehead atoms. The molecule has 0 nitrogen and oxygen atoms in total. The lowest BCUT2D eigenvalue weighted by atomic mass is 9.33. The summed E-state index contributed by atoms with van der Waals surface area (Å²) in [5.74, 6) is 7.04. The van der Waals surface area contributed by atoms with Gasteiger partial charge in [0, 0.05) is 0 Å². The molecule has 0 aromatic carbocycles. The smallest absolute Gasteiger partial charge is 0.0235 e. The molecular weight excluding hydrogens is 348 g/mol. The van der Waals surface area contributed by atoms with E-state index >= 15 is 0 Å². The van der Waals surface area contributed by atoms with Crippen LogP contribution >= 0.6 is 0 Å². The van der Waals surface area contributed by atoms with Gasteiger partial charge in [-0.3, -0.25) is 0 Å². The van der Waals surface area contributed by atoms with Crippen LogP contribution in [-0.2, 0) is 0 Å². The lowest BCUT2D eigenvalue weighted by molar-refractivity contribution is -0.227. The van der Waals surface area contributed by atoms with E-state index in [-0.39, 0.29) is 0 Å². The summed E-state index contributed by atoms with van der Waals surface area (Å²) in [5.41, 5.74) is 2.38. The molecule has 0 aromatic rings. The van der Waals surface area contributed by atoms with Crippen LogP contribution in [0.5, 0.6) is 0 Å². The fourth-order valence-corrected chi connectivity index (χ4v) is 11.6. The third kappa shape index (κ3) is 2.62. The quantitative estimate of drug-likeness (QED) is 0.414. The summed E-state index contributed by atoms with van der Waals surface area (Å²) in [5, 5.41) is 0. The fourth-order valence-electron chi connectivity index (χ4n) is 11.6. The first kappa shape index (κ1) is 20.9. The van der Waals surface area contributed by atoms with Crippen molar-refractivity contribution in [3.8, 4) is 0 Å². The number of hydrogen-bond acceptors (Lipinski definition) is 0. The van der Waals surface area contributed by atoms with Crippen LogP contribution in [0.1, 0.15) is 119 Å². The maximum absolute atomic E-state index is 2.81. The summed E-state index contributed by atoms with van der Waals surface area (Å²) in [6, 6.07) is 0. The molecule has 29 heavy (non-hydrogen) atoms. The largest absolute Gasteiger partial charge is 0.0625 e. The molecule has 0 heterocycles. The van der Waals surface area contributed by atoms with Gasteiger partial charge in [-0.05, 0) is 127 Å². The molecule has 0 saturated heterocycles. The van der Waals surface area contributed by atoms with E-state index < -0.39 is 0 Å². The molecule has 0 aromatic heterocycles. The van der Waals surface area contributed by atoms with Crippen LogP contribution < -0.4 is 0 Å². The molecule has 5 aliphatic carbocycles. The van der Waals surface area contributed by atoms with Crippen LogP contribution in [-0.4, -0.2) is 0 Å². The van der Waals surface area contributed by atoms with Gasteiger partial charge >= 0.3 is 0 Å². The van der Waals surface area contributed by atoms with Crippen molar-refractivity contribution in [2.75, 3.05) is 0 Å². The number of rotatable bonds is 1. The van der Waals surface area contributed by atoms with Crippen LogP contribution in [0.2, 0.25) is 0 Å². The van der Waals surface area contributed by atoms with Crippen molar-refractivity contribution in [3.63, 3.8) is 0 Å². The second-order valence-corrected chi connectivity index (χ2v) is 14.4. The van der Waals surface area contributed by atoms with E-state index in [1.54, 1.807) is 32.1 Å². The lowest BCUT2D eigenvalue weighted by Gasteiger charge is -2.71. The summed E-state index contributed by atoms with van der Waals surface area (Å²) >= 11 is 0. The summed E-state index contributed by atoms with van der Waals surface area (Å²) in [7, 11) is 0. The van der Waals surface area contributed by atoms with Crippen molar-refractivity contribution in [1.82, 2.24) is 0 Å². The highest BCUT2D eigenvalue weighted by molar-refractivity contribution is 5.16. The monoisotopic (exact) mass is 398 g/mol. The Bertz CT molecular complexity index is 644. The third-order valence-electron chi connectivity index (χ3n) is 13.0. The van der Waals surface area contributed by atoms with Crippen LogP contribution in [0, 0.1) is 63.1 Å². The molecule has 5 saturated carbocycles. The molecule has 166 valence electrons. The zero-order chi connectivity index (χ0) is 20.8. The van der Waals surface area contributed by atoms with E-state index in [4.69, 9.17) is 0 Å². The zero-order valence-electron chi connectivity index (χ0n) is 20.8. The Kier molecular flexibility index (Phi) is 4.69. The second-order valence-electron chi connectivity index (χ2n) is 14.4. The number of hydrogen-bond donors (Lipinski definition) is 0. The summed E-state index contributed by atoms with van der Waals surface area (Å²) in [6.45, 7) is 18.6. The van der Waals surface area contributed by atoms with E-state index in [1.807, 2.05) is 0 Å². The second kappa shape index (κ2) is 6.51. The molecule has 5 aliphatic rings. The van der Waals surface area contributed by atoms with Gasteiger partial charge < -0.3 is 0 Å². The van der Waals surface area contributed by atoms with Crippen LogP contribution in [0.4, 0.5) is 0 Å². The highest BCUT2D eigenvalue weighted by atomic mass is 14.7. The number of fused-ring (bicyclic) bond motifs is 7. The van der Waals surface area contributed by atoms with Crippen molar-refractivity contribution in [3.05, 3.63) is 0 Å².